The summed E-state index contributed by atoms with van der Waals surface area (Å²) >= 11 is 11.6. The smallest absolute Gasteiger partial charge is 0.323 e. The van der Waals surface area contributed by atoms with E-state index in [1.807, 2.05) is 0 Å². The SMILES string of the molecule is O=C(O)CN(C(=O)c1cnc(Cl)c(Cl)c1)C1CCCC1. The van der Waals surface area contributed by atoms with Crippen LogP contribution in [0, 0.1) is 0 Å². The molecule has 0 saturated heterocycles. The first-order valence-electron chi connectivity index (χ1n) is 6.33. The Bertz CT molecular complexity index is 530. The van der Waals surface area contributed by atoms with E-state index in [4.69, 9.17) is 28.3 Å². The second-order valence-electron chi connectivity index (χ2n) is 4.76. The minimum atomic E-state index is -1.03. The fourth-order valence-electron chi connectivity index (χ4n) is 2.43. The number of carbonyl (C=O) groups excluding carboxylic acids is 1. The lowest BCUT2D eigenvalue weighted by Gasteiger charge is -2.27. The molecule has 108 valence electrons. The highest BCUT2D eigenvalue weighted by Gasteiger charge is 2.29. The highest BCUT2D eigenvalue weighted by molar-refractivity contribution is 6.41. The number of carboxylic acids is 1. The Labute approximate surface area is 126 Å². The molecule has 2 rings (SSSR count). The number of aromatic nitrogens is 1. The van der Waals surface area contributed by atoms with Crippen LogP contribution in [0.1, 0.15) is 36.0 Å². The average molecular weight is 317 g/mol. The van der Waals surface area contributed by atoms with Gasteiger partial charge >= 0.3 is 5.97 Å². The molecule has 7 heteroatoms. The van der Waals surface area contributed by atoms with Gasteiger partial charge in [0.05, 0.1) is 10.6 Å². The zero-order valence-corrected chi connectivity index (χ0v) is 12.2. The fourth-order valence-corrected chi connectivity index (χ4v) is 2.70. The van der Waals surface area contributed by atoms with E-state index in [9.17, 15) is 9.59 Å². The van der Waals surface area contributed by atoms with Crippen LogP contribution in [0.4, 0.5) is 0 Å². The van der Waals surface area contributed by atoms with Crippen molar-refractivity contribution in [3.63, 3.8) is 0 Å². The fraction of sp³-hybridized carbons (Fsp3) is 0.462. The summed E-state index contributed by atoms with van der Waals surface area (Å²) in [4.78, 5) is 28.6. The van der Waals surface area contributed by atoms with Gasteiger partial charge < -0.3 is 10.0 Å². The summed E-state index contributed by atoms with van der Waals surface area (Å²) in [6.07, 6.45) is 4.99. The Morgan fingerprint density at radius 3 is 2.55 bits per heavy atom. The minimum Gasteiger partial charge on any atom is -0.480 e. The Hall–Kier alpha value is -1.33. The second-order valence-corrected chi connectivity index (χ2v) is 5.53. The number of carboxylic acid groups (broad SMARTS) is 1. The first kappa shape index (κ1) is 15.1. The highest BCUT2D eigenvalue weighted by atomic mass is 35.5. The molecule has 5 nitrogen and oxygen atoms in total. The zero-order valence-electron chi connectivity index (χ0n) is 10.7. The molecule has 1 amide bonds. The van der Waals surface area contributed by atoms with Gasteiger partial charge in [-0.15, -0.1) is 0 Å². The van der Waals surface area contributed by atoms with Crippen molar-refractivity contribution < 1.29 is 14.7 Å². The number of nitrogens with zero attached hydrogens (tertiary/aromatic N) is 2. The van der Waals surface area contributed by atoms with E-state index in [0.717, 1.165) is 25.7 Å². The molecule has 1 aromatic heterocycles. The Morgan fingerprint density at radius 2 is 2.00 bits per heavy atom. The van der Waals surface area contributed by atoms with E-state index in [-0.39, 0.29) is 34.2 Å². The van der Waals surface area contributed by atoms with Crippen molar-refractivity contribution in [2.75, 3.05) is 6.54 Å². The van der Waals surface area contributed by atoms with E-state index in [1.54, 1.807) is 0 Å². The summed E-state index contributed by atoms with van der Waals surface area (Å²) in [6.45, 7) is -0.316. The van der Waals surface area contributed by atoms with Crippen molar-refractivity contribution in [3.05, 3.63) is 28.0 Å². The standard InChI is InChI=1S/C13H14Cl2N2O3/c14-10-5-8(6-16-12(10)15)13(20)17(7-11(18)19)9-3-1-2-4-9/h5-6,9H,1-4,7H2,(H,18,19). The molecule has 0 radical (unpaired) electrons. The van der Waals surface area contributed by atoms with Gasteiger partial charge in [-0.05, 0) is 18.9 Å². The third kappa shape index (κ3) is 3.41. The summed E-state index contributed by atoms with van der Waals surface area (Å²) in [7, 11) is 0. The van der Waals surface area contributed by atoms with Gasteiger partial charge in [0.1, 0.15) is 11.7 Å². The van der Waals surface area contributed by atoms with Gasteiger partial charge in [0.2, 0.25) is 0 Å². The van der Waals surface area contributed by atoms with Crippen LogP contribution in [0.5, 0.6) is 0 Å². The van der Waals surface area contributed by atoms with Crippen molar-refractivity contribution >= 4 is 35.1 Å². The molecular formula is C13H14Cl2N2O3. The largest absolute Gasteiger partial charge is 0.480 e. The van der Waals surface area contributed by atoms with E-state index < -0.39 is 5.97 Å². The third-order valence-electron chi connectivity index (χ3n) is 3.38. The van der Waals surface area contributed by atoms with Crippen molar-refractivity contribution in [1.29, 1.82) is 0 Å². The first-order valence-corrected chi connectivity index (χ1v) is 7.08. The van der Waals surface area contributed by atoms with Crippen LogP contribution in [0.15, 0.2) is 12.3 Å². The van der Waals surface area contributed by atoms with Gasteiger partial charge in [0.25, 0.3) is 5.91 Å². The second kappa shape index (κ2) is 6.41. The summed E-state index contributed by atoms with van der Waals surface area (Å²) in [5.41, 5.74) is 0.257. The predicted octanol–water partition coefficient (Wildman–Crippen LogP) is 2.86. The number of rotatable bonds is 4. The van der Waals surface area contributed by atoms with Gasteiger partial charge in [-0.2, -0.15) is 0 Å². The molecule has 0 atom stereocenters. The van der Waals surface area contributed by atoms with Gasteiger partial charge in [-0.3, -0.25) is 9.59 Å². The molecule has 0 spiro atoms. The topological polar surface area (TPSA) is 70.5 Å². The number of hydrogen-bond acceptors (Lipinski definition) is 3. The summed E-state index contributed by atoms with van der Waals surface area (Å²) in [6, 6.07) is 1.39. The number of hydrogen-bond donors (Lipinski definition) is 1. The summed E-state index contributed by atoms with van der Waals surface area (Å²) in [5, 5.41) is 9.28. The zero-order chi connectivity index (χ0) is 14.7. The molecule has 0 unspecified atom stereocenters. The van der Waals surface area contributed by atoms with E-state index >= 15 is 0 Å². The molecule has 1 N–H and O–H groups in total. The van der Waals surface area contributed by atoms with E-state index in [0.29, 0.717) is 0 Å². The maximum Gasteiger partial charge on any atom is 0.323 e. The van der Waals surface area contributed by atoms with Gasteiger partial charge in [-0.25, -0.2) is 4.98 Å². The average Bonchev–Trinajstić information content (AvgIpc) is 2.92. The molecule has 0 aromatic carbocycles. The molecule has 1 saturated carbocycles. The minimum absolute atomic E-state index is 0.0342. The molecule has 1 aliphatic carbocycles. The number of pyridine rings is 1. The van der Waals surface area contributed by atoms with Gasteiger partial charge in [0, 0.05) is 12.2 Å². The Kier molecular flexibility index (Phi) is 4.83. The first-order chi connectivity index (χ1) is 9.49. The molecule has 1 fully saturated rings. The van der Waals surface area contributed by atoms with Gasteiger partial charge in [-0.1, -0.05) is 36.0 Å². The predicted molar refractivity (Wildman–Crippen MR) is 75.2 cm³/mol. The number of carbonyl (C=O) groups is 2. The van der Waals surface area contributed by atoms with Crippen LogP contribution in [0.3, 0.4) is 0 Å². The van der Waals surface area contributed by atoms with Crippen molar-refractivity contribution in [2.45, 2.75) is 31.7 Å². The lowest BCUT2D eigenvalue weighted by molar-refractivity contribution is -0.138. The van der Waals surface area contributed by atoms with E-state index in [2.05, 4.69) is 4.98 Å². The third-order valence-corrected chi connectivity index (χ3v) is 4.06. The molecule has 0 aliphatic heterocycles. The van der Waals surface area contributed by atoms with Crippen LogP contribution in [-0.4, -0.2) is 39.5 Å². The van der Waals surface area contributed by atoms with Crippen molar-refractivity contribution in [1.82, 2.24) is 9.88 Å². The lowest BCUT2D eigenvalue weighted by atomic mass is 10.1. The van der Waals surface area contributed by atoms with E-state index in [1.165, 1.54) is 17.2 Å². The monoisotopic (exact) mass is 316 g/mol. The Morgan fingerprint density at radius 1 is 1.35 bits per heavy atom. The quantitative estimate of drug-likeness (QED) is 0.867. The summed E-state index contributed by atoms with van der Waals surface area (Å²) in [5.74, 6) is -1.40. The van der Waals surface area contributed by atoms with Crippen LogP contribution < -0.4 is 0 Å². The van der Waals surface area contributed by atoms with Crippen molar-refractivity contribution in [3.8, 4) is 0 Å². The molecule has 0 bridgehead atoms. The van der Waals surface area contributed by atoms with Crippen LogP contribution >= 0.6 is 23.2 Å². The number of halogens is 2. The van der Waals surface area contributed by atoms with Crippen molar-refractivity contribution in [2.24, 2.45) is 0 Å². The van der Waals surface area contributed by atoms with Crippen LogP contribution in [0.25, 0.3) is 0 Å². The molecule has 1 aliphatic rings. The maximum absolute atomic E-state index is 12.5. The molecule has 1 aromatic rings. The summed E-state index contributed by atoms with van der Waals surface area (Å²) < 4.78 is 0. The molecule has 20 heavy (non-hydrogen) atoms. The van der Waals surface area contributed by atoms with Crippen LogP contribution in [0.2, 0.25) is 10.2 Å². The number of amides is 1. The van der Waals surface area contributed by atoms with Gasteiger partial charge in [0.15, 0.2) is 0 Å². The normalized spacial score (nSPS) is 15.3. The maximum atomic E-state index is 12.5. The lowest BCUT2D eigenvalue weighted by Crippen LogP contribution is -2.42. The van der Waals surface area contributed by atoms with Crippen LogP contribution in [-0.2, 0) is 4.79 Å². The molecule has 1 heterocycles. The Balaban J connectivity index is 2.24. The molecular weight excluding hydrogens is 303 g/mol. The highest BCUT2D eigenvalue weighted by Crippen LogP contribution is 2.26. The number of aliphatic carboxylic acids is 1.